The van der Waals surface area contributed by atoms with Crippen molar-refractivity contribution in [2.45, 2.75) is 0 Å². The lowest BCUT2D eigenvalue weighted by Crippen LogP contribution is -2.48. The van der Waals surface area contributed by atoms with E-state index in [0.717, 1.165) is 45.1 Å². The van der Waals surface area contributed by atoms with Crippen LogP contribution in [0.3, 0.4) is 0 Å². The van der Waals surface area contributed by atoms with Crippen molar-refractivity contribution in [2.24, 2.45) is 5.84 Å². The van der Waals surface area contributed by atoms with Gasteiger partial charge >= 0.3 is 0 Å². The highest BCUT2D eigenvalue weighted by Crippen LogP contribution is 2.24. The molecule has 1 aliphatic heterocycles. The number of hydrogen-bond acceptors (Lipinski definition) is 7. The predicted octanol–water partition coefficient (Wildman–Crippen LogP) is 0.0992. The molecule has 0 radical (unpaired) electrons. The molecule has 1 saturated heterocycles. The van der Waals surface area contributed by atoms with Gasteiger partial charge in [0.15, 0.2) is 5.82 Å². The minimum Gasteiger partial charge on any atom is -0.353 e. The third-order valence-electron chi connectivity index (χ3n) is 3.39. The summed E-state index contributed by atoms with van der Waals surface area (Å²) in [5, 5.41) is 0.561. The molecular weight excluding hydrogens is 278 g/mol. The van der Waals surface area contributed by atoms with Crippen molar-refractivity contribution in [2.75, 3.05) is 63.7 Å². The van der Waals surface area contributed by atoms with Gasteiger partial charge in [-0.15, -0.1) is 0 Å². The van der Waals surface area contributed by atoms with Crippen molar-refractivity contribution in [3.05, 3.63) is 11.2 Å². The molecule has 1 aromatic rings. The maximum Gasteiger partial charge on any atom is 0.239 e. The first-order valence-corrected chi connectivity index (χ1v) is 7.09. The number of nitrogens with zero attached hydrogens (tertiary/aromatic N) is 5. The monoisotopic (exact) mass is 299 g/mol. The largest absolute Gasteiger partial charge is 0.353 e. The van der Waals surface area contributed by atoms with Gasteiger partial charge in [-0.3, -0.25) is 10.3 Å². The summed E-state index contributed by atoms with van der Waals surface area (Å²) in [6.07, 6.45) is 1.58. The van der Waals surface area contributed by atoms with Crippen LogP contribution in [-0.4, -0.2) is 73.1 Å². The number of likely N-dealkylation sites (N-methyl/N-ethyl adjacent to an activating group) is 1. The lowest BCUT2D eigenvalue weighted by atomic mass is 10.3. The van der Waals surface area contributed by atoms with Crippen molar-refractivity contribution in [1.82, 2.24) is 19.8 Å². The van der Waals surface area contributed by atoms with Crippen LogP contribution in [-0.2, 0) is 0 Å². The maximum atomic E-state index is 6.17. The summed E-state index contributed by atoms with van der Waals surface area (Å²) < 4.78 is 0. The van der Waals surface area contributed by atoms with E-state index in [1.165, 1.54) is 0 Å². The number of hydrazine groups is 1. The van der Waals surface area contributed by atoms with E-state index in [1.807, 2.05) is 0 Å². The Morgan fingerprint density at radius 1 is 1.35 bits per heavy atom. The number of rotatable bonds is 5. The molecule has 20 heavy (non-hydrogen) atoms. The number of nitrogens with two attached hydrogens (primary N) is 1. The lowest BCUT2D eigenvalue weighted by Gasteiger charge is -2.36. The predicted molar refractivity (Wildman–Crippen MR) is 82.1 cm³/mol. The molecule has 7 nitrogen and oxygen atoms in total. The third kappa shape index (κ3) is 3.92. The number of hydrogen-bond donors (Lipinski definition) is 2. The average Bonchev–Trinajstić information content (AvgIpc) is 2.46. The molecule has 0 saturated carbocycles. The molecule has 1 aromatic heterocycles. The molecule has 0 unspecified atom stereocenters. The van der Waals surface area contributed by atoms with E-state index in [4.69, 9.17) is 17.4 Å². The van der Waals surface area contributed by atoms with E-state index in [9.17, 15) is 0 Å². The first-order chi connectivity index (χ1) is 9.60. The molecule has 0 atom stereocenters. The van der Waals surface area contributed by atoms with Gasteiger partial charge in [0.05, 0.1) is 6.20 Å². The zero-order chi connectivity index (χ0) is 14.5. The SMILES string of the molecule is CN(C)CCN1CCN(c2nc(NN)ncc2Cl)CC1. The number of piperazine rings is 1. The van der Waals surface area contributed by atoms with Crippen LogP contribution in [0, 0.1) is 0 Å². The molecule has 8 heteroatoms. The fourth-order valence-corrected chi connectivity index (χ4v) is 2.38. The normalized spacial score (nSPS) is 16.8. The summed E-state index contributed by atoms with van der Waals surface area (Å²) in [4.78, 5) is 15.2. The van der Waals surface area contributed by atoms with Gasteiger partial charge < -0.3 is 9.80 Å². The van der Waals surface area contributed by atoms with Crippen LogP contribution in [0.5, 0.6) is 0 Å². The molecule has 0 aromatic carbocycles. The van der Waals surface area contributed by atoms with Crippen LogP contribution >= 0.6 is 11.6 Å². The van der Waals surface area contributed by atoms with Gasteiger partial charge in [-0.2, -0.15) is 4.98 Å². The highest BCUT2D eigenvalue weighted by Gasteiger charge is 2.20. The molecule has 3 N–H and O–H groups in total. The van der Waals surface area contributed by atoms with E-state index in [1.54, 1.807) is 6.20 Å². The second-order valence-electron chi connectivity index (χ2n) is 5.14. The quantitative estimate of drug-likeness (QED) is 0.590. The van der Waals surface area contributed by atoms with Gasteiger partial charge in [-0.05, 0) is 14.1 Å². The third-order valence-corrected chi connectivity index (χ3v) is 3.66. The van der Waals surface area contributed by atoms with E-state index < -0.39 is 0 Å². The van der Waals surface area contributed by atoms with E-state index in [-0.39, 0.29) is 0 Å². The first-order valence-electron chi connectivity index (χ1n) is 6.71. The smallest absolute Gasteiger partial charge is 0.239 e. The molecule has 112 valence electrons. The molecule has 0 aliphatic carbocycles. The van der Waals surface area contributed by atoms with Crippen LogP contribution < -0.4 is 16.2 Å². The summed E-state index contributed by atoms with van der Waals surface area (Å²) in [5.41, 5.74) is 2.45. The number of anilines is 2. The van der Waals surface area contributed by atoms with Crippen LogP contribution in [0.2, 0.25) is 5.02 Å². The average molecular weight is 300 g/mol. The van der Waals surface area contributed by atoms with E-state index in [2.05, 4.69) is 44.2 Å². The van der Waals surface area contributed by atoms with Crippen molar-refractivity contribution in [1.29, 1.82) is 0 Å². The van der Waals surface area contributed by atoms with Crippen LogP contribution in [0.4, 0.5) is 11.8 Å². The Hall–Kier alpha value is -1.15. The Balaban J connectivity index is 1.93. The van der Waals surface area contributed by atoms with Crippen LogP contribution in [0.15, 0.2) is 6.20 Å². The van der Waals surface area contributed by atoms with Crippen molar-refractivity contribution < 1.29 is 0 Å². The zero-order valence-electron chi connectivity index (χ0n) is 12.0. The second-order valence-corrected chi connectivity index (χ2v) is 5.55. The molecule has 2 heterocycles. The summed E-state index contributed by atoms with van der Waals surface area (Å²) in [7, 11) is 4.19. The number of nitrogen functional groups attached to an aromatic ring is 1. The number of nitrogens with one attached hydrogen (secondary N) is 1. The highest BCUT2D eigenvalue weighted by atomic mass is 35.5. The minimum atomic E-state index is 0.388. The van der Waals surface area contributed by atoms with Gasteiger partial charge in [-0.25, -0.2) is 10.8 Å². The topological polar surface area (TPSA) is 73.5 Å². The van der Waals surface area contributed by atoms with Crippen molar-refractivity contribution in [3.63, 3.8) is 0 Å². The molecule has 1 aliphatic rings. The fraction of sp³-hybridized carbons (Fsp3) is 0.667. The van der Waals surface area contributed by atoms with Crippen molar-refractivity contribution in [3.8, 4) is 0 Å². The Kier molecular flexibility index (Phi) is 5.36. The van der Waals surface area contributed by atoms with Crippen molar-refractivity contribution >= 4 is 23.4 Å². The lowest BCUT2D eigenvalue weighted by molar-refractivity contribution is 0.229. The Morgan fingerprint density at radius 2 is 2.05 bits per heavy atom. The molecule has 2 rings (SSSR count). The van der Waals surface area contributed by atoms with Gasteiger partial charge in [0, 0.05) is 39.3 Å². The second kappa shape index (κ2) is 7.03. The van der Waals surface area contributed by atoms with Gasteiger partial charge in [0.2, 0.25) is 5.95 Å². The zero-order valence-corrected chi connectivity index (χ0v) is 12.8. The number of halogens is 1. The first kappa shape index (κ1) is 15.2. The van der Waals surface area contributed by atoms with Crippen LogP contribution in [0.25, 0.3) is 0 Å². The van der Waals surface area contributed by atoms with Gasteiger partial charge in [-0.1, -0.05) is 11.6 Å². The van der Waals surface area contributed by atoms with Gasteiger partial charge in [0.25, 0.3) is 0 Å². The summed E-state index contributed by atoms with van der Waals surface area (Å²) >= 11 is 6.17. The summed E-state index contributed by atoms with van der Waals surface area (Å²) in [5.74, 6) is 6.48. The van der Waals surface area contributed by atoms with E-state index in [0.29, 0.717) is 11.0 Å². The Bertz CT molecular complexity index is 432. The minimum absolute atomic E-state index is 0.388. The summed E-state index contributed by atoms with van der Waals surface area (Å²) in [6.45, 7) is 6.02. The van der Waals surface area contributed by atoms with E-state index >= 15 is 0 Å². The Morgan fingerprint density at radius 3 is 2.65 bits per heavy atom. The maximum absolute atomic E-state index is 6.17. The molecular formula is C12H22ClN7. The molecule has 0 spiro atoms. The molecule has 0 bridgehead atoms. The fourth-order valence-electron chi connectivity index (χ4n) is 2.17. The summed E-state index contributed by atoms with van der Waals surface area (Å²) in [6, 6.07) is 0. The molecule has 1 fully saturated rings. The van der Waals surface area contributed by atoms with Crippen LogP contribution in [0.1, 0.15) is 0 Å². The van der Waals surface area contributed by atoms with Gasteiger partial charge in [0.1, 0.15) is 5.02 Å². The number of aromatic nitrogens is 2. The highest BCUT2D eigenvalue weighted by molar-refractivity contribution is 6.32. The Labute approximate surface area is 124 Å². The molecule has 0 amide bonds. The standard InChI is InChI=1S/C12H22ClN7/c1-18(2)3-4-19-5-7-20(8-6-19)11-10(13)9-15-12(16-11)17-14/h9H,3-8,14H2,1-2H3,(H,15,16,17).